The van der Waals surface area contributed by atoms with E-state index in [4.69, 9.17) is 19.4 Å². The highest BCUT2D eigenvalue weighted by molar-refractivity contribution is 6.05. The van der Waals surface area contributed by atoms with Crippen molar-refractivity contribution in [1.82, 2.24) is 48.9 Å². The van der Waals surface area contributed by atoms with E-state index < -0.39 is 23.6 Å². The number of halogens is 2. The SMILES string of the molecule is CCn1nc(C)cc1C(=O)Nc1nc2cc(C=O)cc3c2n1C/C=C/Cn1c(NC(=O)c2cc(C)nn2CC)nc2cc(C(=O)NCCCN4CCC(F)(F)C4)cc(c21)OCCCO3. The van der Waals surface area contributed by atoms with E-state index in [1.165, 1.54) is 0 Å². The van der Waals surface area contributed by atoms with Gasteiger partial charge in [0.2, 0.25) is 11.9 Å². The van der Waals surface area contributed by atoms with Crippen LogP contribution in [0, 0.1) is 13.8 Å². The predicted molar refractivity (Wildman–Crippen MR) is 234 cm³/mol. The van der Waals surface area contributed by atoms with Crippen LogP contribution in [0.5, 0.6) is 11.5 Å². The summed E-state index contributed by atoms with van der Waals surface area (Å²) < 4.78 is 46.9. The smallest absolute Gasteiger partial charge is 0.276 e. The number of amides is 3. The molecule has 20 heteroatoms. The Balaban J connectivity index is 1.14. The van der Waals surface area contributed by atoms with E-state index in [1.807, 2.05) is 32.9 Å². The number of rotatable bonds is 12. The Bertz CT molecular complexity index is 2780. The molecule has 336 valence electrons. The summed E-state index contributed by atoms with van der Waals surface area (Å²) in [6, 6.07) is 9.89. The maximum absolute atomic E-state index is 13.8. The Kier molecular flexibility index (Phi) is 12.6. The van der Waals surface area contributed by atoms with Gasteiger partial charge in [-0.2, -0.15) is 10.2 Å². The van der Waals surface area contributed by atoms with Crippen molar-refractivity contribution in [3.05, 3.63) is 82.5 Å². The molecule has 0 atom stereocenters. The fourth-order valence-corrected chi connectivity index (χ4v) is 8.10. The van der Waals surface area contributed by atoms with E-state index in [0.717, 1.165) is 0 Å². The first-order valence-corrected chi connectivity index (χ1v) is 21.4. The molecule has 4 aromatic heterocycles. The molecule has 6 aromatic rings. The van der Waals surface area contributed by atoms with Crippen LogP contribution in [0.15, 0.2) is 48.6 Å². The van der Waals surface area contributed by atoms with Crippen molar-refractivity contribution in [2.45, 2.75) is 79.1 Å². The number of allylic oxidation sites excluding steroid dienone is 2. The lowest BCUT2D eigenvalue weighted by Gasteiger charge is -2.16. The number of alkyl halides is 2. The molecule has 6 heterocycles. The Morgan fingerprint density at radius 3 is 1.88 bits per heavy atom. The zero-order valence-electron chi connectivity index (χ0n) is 36.1. The summed E-state index contributed by atoms with van der Waals surface area (Å²) in [6.45, 7) is 9.74. The first-order valence-electron chi connectivity index (χ1n) is 21.4. The molecule has 3 amide bonds. The summed E-state index contributed by atoms with van der Waals surface area (Å²) in [6.07, 6.45) is 5.12. The maximum Gasteiger partial charge on any atom is 0.276 e. The number of carbonyl (C=O) groups excluding carboxylic acids is 4. The lowest BCUT2D eigenvalue weighted by Crippen LogP contribution is -2.30. The Hall–Kier alpha value is -6.96. The van der Waals surface area contributed by atoms with E-state index in [0.29, 0.717) is 107 Å². The quantitative estimate of drug-likeness (QED) is 0.0783. The van der Waals surface area contributed by atoms with Crippen molar-refractivity contribution in [1.29, 1.82) is 0 Å². The van der Waals surface area contributed by atoms with Gasteiger partial charge in [0.1, 0.15) is 40.2 Å². The van der Waals surface area contributed by atoms with E-state index >= 15 is 0 Å². The number of aromatic nitrogens is 8. The van der Waals surface area contributed by atoms with Crippen molar-refractivity contribution in [3.63, 3.8) is 0 Å². The standard InChI is InChI=1S/C44H50F2N12O6/c1-5-57-33(19-27(3)52-57)40(61)50-42-48-31-21-29(25-59)22-35-37(31)55(42)14-7-8-15-56-38-32(49-43(56)51-41(62)34-20-28(4)53-58(34)6-2)23-30(24-36(38)64-18-10-17-63-35)39(60)47-12-9-13-54-16-11-44(45,46)26-54/h7-8,19-25H,5-6,9-18,26H2,1-4H3,(H,47,60)(H,48,50,61)(H,49,51,62)/b8-7+. The topological polar surface area (TPSA) is 197 Å². The van der Waals surface area contributed by atoms with Crippen molar-refractivity contribution in [2.24, 2.45) is 0 Å². The Morgan fingerprint density at radius 1 is 0.781 bits per heavy atom. The number of likely N-dealkylation sites (tertiary alicyclic amines) is 1. The van der Waals surface area contributed by atoms with Crippen molar-refractivity contribution >= 4 is 58.0 Å². The normalized spacial score (nSPS) is 15.8. The van der Waals surface area contributed by atoms with Gasteiger partial charge in [0, 0.05) is 69.8 Å². The molecular formula is C44H50F2N12O6. The van der Waals surface area contributed by atoms with Gasteiger partial charge in [-0.3, -0.25) is 44.1 Å². The molecule has 0 radical (unpaired) electrons. The number of benzene rings is 2. The minimum absolute atomic E-state index is 0.139. The van der Waals surface area contributed by atoms with Crippen LogP contribution in [0.1, 0.15) is 86.2 Å². The third kappa shape index (κ3) is 9.22. The molecule has 18 nitrogen and oxygen atoms in total. The molecule has 64 heavy (non-hydrogen) atoms. The van der Waals surface area contributed by atoms with Crippen molar-refractivity contribution in [2.75, 3.05) is 50.0 Å². The molecule has 2 aliphatic rings. The van der Waals surface area contributed by atoms with Crippen molar-refractivity contribution < 1.29 is 37.4 Å². The van der Waals surface area contributed by atoms with Gasteiger partial charge in [0.25, 0.3) is 23.6 Å². The number of hydrogen-bond acceptors (Lipinski definition) is 11. The third-order valence-corrected chi connectivity index (χ3v) is 11.1. The number of aldehydes is 1. The molecule has 8 rings (SSSR count). The van der Waals surface area contributed by atoms with Crippen LogP contribution in [0.25, 0.3) is 22.1 Å². The average Bonchev–Trinajstić information content (AvgIpc) is 4.09. The van der Waals surface area contributed by atoms with Gasteiger partial charge in [0.15, 0.2) is 0 Å². The van der Waals surface area contributed by atoms with Crippen LogP contribution < -0.4 is 25.4 Å². The summed E-state index contributed by atoms with van der Waals surface area (Å²) in [5.74, 6) is -2.81. The van der Waals surface area contributed by atoms with Crippen LogP contribution in [-0.4, -0.2) is 113 Å². The second kappa shape index (κ2) is 18.4. The van der Waals surface area contributed by atoms with Gasteiger partial charge in [-0.1, -0.05) is 12.2 Å². The fourth-order valence-electron chi connectivity index (χ4n) is 8.10. The molecule has 3 N–H and O–H groups in total. The zero-order chi connectivity index (χ0) is 45.1. The zero-order valence-corrected chi connectivity index (χ0v) is 36.1. The highest BCUT2D eigenvalue weighted by Gasteiger charge is 2.37. The van der Waals surface area contributed by atoms with Gasteiger partial charge in [-0.05, 0) is 70.5 Å². The summed E-state index contributed by atoms with van der Waals surface area (Å²) in [5, 5.41) is 17.7. The first kappa shape index (κ1) is 43.7. The second-order valence-electron chi connectivity index (χ2n) is 15.8. The minimum Gasteiger partial charge on any atom is -0.491 e. The summed E-state index contributed by atoms with van der Waals surface area (Å²) >= 11 is 0. The summed E-state index contributed by atoms with van der Waals surface area (Å²) in [4.78, 5) is 64.5. The molecule has 1 fully saturated rings. The third-order valence-electron chi connectivity index (χ3n) is 11.1. The van der Waals surface area contributed by atoms with E-state index in [1.54, 1.807) is 66.7 Å². The van der Waals surface area contributed by atoms with Gasteiger partial charge < -0.3 is 23.9 Å². The Morgan fingerprint density at radius 2 is 1.34 bits per heavy atom. The predicted octanol–water partition coefficient (Wildman–Crippen LogP) is 5.63. The molecule has 0 aliphatic carbocycles. The lowest BCUT2D eigenvalue weighted by atomic mass is 10.1. The molecule has 2 aliphatic heterocycles. The Labute approximate surface area is 366 Å². The monoisotopic (exact) mass is 880 g/mol. The number of nitrogens with one attached hydrogen (secondary N) is 3. The van der Waals surface area contributed by atoms with Gasteiger partial charge in [-0.25, -0.2) is 18.7 Å². The number of aryl methyl sites for hydroxylation is 4. The van der Waals surface area contributed by atoms with Crippen LogP contribution in [-0.2, 0) is 26.2 Å². The molecule has 0 saturated carbocycles. The number of anilines is 2. The van der Waals surface area contributed by atoms with Gasteiger partial charge in [0.05, 0.1) is 42.2 Å². The largest absolute Gasteiger partial charge is 0.491 e. The number of carbonyl (C=O) groups is 4. The van der Waals surface area contributed by atoms with Crippen molar-refractivity contribution in [3.8, 4) is 11.5 Å². The van der Waals surface area contributed by atoms with E-state index in [2.05, 4.69) is 26.1 Å². The fraction of sp³-hybridized carbons (Fsp3) is 0.409. The number of nitrogens with zero attached hydrogens (tertiary/aromatic N) is 9. The lowest BCUT2D eigenvalue weighted by molar-refractivity contribution is 0.0121. The molecule has 1 saturated heterocycles. The van der Waals surface area contributed by atoms with Gasteiger partial charge in [-0.15, -0.1) is 0 Å². The van der Waals surface area contributed by atoms with Crippen LogP contribution in [0.2, 0.25) is 0 Å². The summed E-state index contributed by atoms with van der Waals surface area (Å²) in [7, 11) is 0. The molecule has 2 aromatic carbocycles. The maximum atomic E-state index is 13.8. The molecule has 0 bridgehead atoms. The van der Waals surface area contributed by atoms with E-state index in [9.17, 15) is 28.0 Å². The molecule has 0 spiro atoms. The minimum atomic E-state index is -2.69. The summed E-state index contributed by atoms with van der Waals surface area (Å²) in [5.41, 5.74) is 4.54. The van der Waals surface area contributed by atoms with Crippen LogP contribution in [0.3, 0.4) is 0 Å². The second-order valence-corrected chi connectivity index (χ2v) is 15.8. The highest BCUT2D eigenvalue weighted by atomic mass is 19.3. The first-order chi connectivity index (χ1) is 30.8. The average molecular weight is 881 g/mol. The van der Waals surface area contributed by atoms with Crippen LogP contribution in [0.4, 0.5) is 20.7 Å². The highest BCUT2D eigenvalue weighted by Crippen LogP contribution is 2.34. The number of hydrogen-bond donors (Lipinski definition) is 3. The number of imidazole rings is 2. The molecular weight excluding hydrogens is 831 g/mol. The van der Waals surface area contributed by atoms with E-state index in [-0.39, 0.29) is 63.3 Å². The van der Waals surface area contributed by atoms with Gasteiger partial charge >= 0.3 is 0 Å². The van der Waals surface area contributed by atoms with Crippen LogP contribution >= 0.6 is 0 Å². The molecule has 0 unspecified atom stereocenters. The number of ether oxygens (including phenoxy) is 2.